The number of alkyl carbamates (subject to hydrolysis) is 1. The van der Waals surface area contributed by atoms with Gasteiger partial charge in [0.2, 0.25) is 0 Å². The Bertz CT molecular complexity index is 1320. The minimum atomic E-state index is -2.13. The molecule has 1 rings (SSSR count). The average Bonchev–Trinajstić information content (AvgIpc) is 2.94. The van der Waals surface area contributed by atoms with Crippen molar-refractivity contribution < 1.29 is 28.3 Å². The van der Waals surface area contributed by atoms with E-state index in [1.165, 1.54) is 11.6 Å². The third-order valence-corrected chi connectivity index (χ3v) is 15.1. The Balaban J connectivity index is 3.68. The molecule has 0 aromatic heterocycles. The third-order valence-electron chi connectivity index (χ3n) is 8.43. The first kappa shape index (κ1) is 43.1. The number of unbranched alkanes of at least 4 members (excludes halogenated alkanes) is 1. The lowest BCUT2D eigenvalue weighted by Gasteiger charge is -2.37. The number of ketones is 1. The molecule has 9 heteroatoms. The van der Waals surface area contributed by atoms with Gasteiger partial charge in [0, 0.05) is 24.2 Å². The number of allylic oxidation sites excluding steroid dienone is 2. The molecule has 0 aliphatic carbocycles. The maximum Gasteiger partial charge on any atom is 0.408 e. The number of ether oxygens (including phenoxy) is 2. The first-order chi connectivity index (χ1) is 22.1. The lowest BCUT2D eigenvalue weighted by molar-refractivity contribution is -0.137. The molecule has 268 valence electrons. The summed E-state index contributed by atoms with van der Waals surface area (Å²) in [4.78, 5) is 40.1. The van der Waals surface area contributed by atoms with Gasteiger partial charge in [0.05, 0.1) is 12.6 Å². The Morgan fingerprint density at radius 1 is 0.958 bits per heavy atom. The van der Waals surface area contributed by atoms with E-state index in [1.54, 1.807) is 40.7 Å². The predicted molar refractivity (Wildman–Crippen MR) is 203 cm³/mol. The van der Waals surface area contributed by atoms with Crippen molar-refractivity contribution in [2.45, 2.75) is 137 Å². The fourth-order valence-corrected chi connectivity index (χ4v) is 7.68. The standard InChI is InChI=1S/C39H63NO6Si2/c1-14-16-20-31(24-26-47(10,11)29-32-21-18-17-19-22-32)28-34(41)33(23-25-45-48(12,13)39(7,8)9)36(30(3)27-35(42)44-15-2)40-37(43)46-38(4,5)6/h17-19,21-22,27-28,33,36H,14-16,20,23,25,29H2,1-13H3,(H,40,43)/b30-27+,31-28+/t33-,36-/m1/s1. The number of benzene rings is 1. The highest BCUT2D eigenvalue weighted by Crippen LogP contribution is 2.37. The molecular formula is C39H63NO6Si2. The number of amides is 1. The summed E-state index contributed by atoms with van der Waals surface area (Å²) in [7, 11) is -4.09. The van der Waals surface area contributed by atoms with Crippen molar-refractivity contribution in [2.75, 3.05) is 13.2 Å². The maximum atomic E-state index is 14.4. The van der Waals surface area contributed by atoms with Gasteiger partial charge in [-0.25, -0.2) is 9.59 Å². The Morgan fingerprint density at radius 2 is 1.58 bits per heavy atom. The number of hydrogen-bond acceptors (Lipinski definition) is 6. The molecule has 7 nitrogen and oxygen atoms in total. The number of rotatable bonds is 16. The van der Waals surface area contributed by atoms with Crippen molar-refractivity contribution in [3.05, 3.63) is 59.2 Å². The van der Waals surface area contributed by atoms with Crippen LogP contribution in [-0.4, -0.2) is 59.1 Å². The van der Waals surface area contributed by atoms with E-state index in [0.29, 0.717) is 25.0 Å². The molecule has 0 radical (unpaired) electrons. The average molecular weight is 698 g/mol. The number of carbonyl (C=O) groups is 3. The van der Waals surface area contributed by atoms with Gasteiger partial charge < -0.3 is 19.2 Å². The molecule has 48 heavy (non-hydrogen) atoms. The minimum absolute atomic E-state index is 0.0142. The molecule has 0 saturated carbocycles. The van der Waals surface area contributed by atoms with Crippen molar-refractivity contribution in [1.82, 2.24) is 5.32 Å². The van der Waals surface area contributed by atoms with Gasteiger partial charge in [0.25, 0.3) is 0 Å². The van der Waals surface area contributed by atoms with E-state index in [9.17, 15) is 14.4 Å². The van der Waals surface area contributed by atoms with E-state index in [-0.39, 0.29) is 17.4 Å². The summed E-state index contributed by atoms with van der Waals surface area (Å²) in [6.07, 6.45) is 5.21. The summed E-state index contributed by atoms with van der Waals surface area (Å²) in [5.41, 5.74) is 5.37. The third kappa shape index (κ3) is 16.4. The fourth-order valence-electron chi connectivity index (χ4n) is 4.77. The molecule has 0 aliphatic heterocycles. The van der Waals surface area contributed by atoms with E-state index >= 15 is 0 Å². The SMILES string of the molecule is CCCC/C(C#C[Si](C)(C)Cc1ccccc1)=C\C(=O)[C@@H](CCO[Si](C)(C)C(C)(C)C)[C@H](NC(=O)OC(C)(C)C)/C(C)=C/C(=O)OCC. The van der Waals surface area contributed by atoms with Gasteiger partial charge in [-0.2, -0.15) is 0 Å². The van der Waals surface area contributed by atoms with Crippen LogP contribution in [0.15, 0.2) is 53.6 Å². The van der Waals surface area contributed by atoms with Crippen LogP contribution in [0.3, 0.4) is 0 Å². The Kier molecular flexibility index (Phi) is 17.3. The molecule has 0 spiro atoms. The maximum absolute atomic E-state index is 14.4. The van der Waals surface area contributed by atoms with Gasteiger partial charge in [-0.3, -0.25) is 4.79 Å². The molecule has 1 N–H and O–H groups in total. The molecule has 1 aromatic rings. The molecule has 0 bridgehead atoms. The number of nitrogens with one attached hydrogen (secondary N) is 1. The summed E-state index contributed by atoms with van der Waals surface area (Å²) < 4.78 is 17.3. The lowest BCUT2D eigenvalue weighted by Crippen LogP contribution is -2.47. The second-order valence-electron chi connectivity index (χ2n) is 15.7. The molecule has 0 saturated heterocycles. The summed E-state index contributed by atoms with van der Waals surface area (Å²) in [6, 6.07) is 10.5. The van der Waals surface area contributed by atoms with E-state index in [2.05, 4.69) is 82.8 Å². The topological polar surface area (TPSA) is 90.9 Å². The molecule has 1 amide bonds. The van der Waals surface area contributed by atoms with Gasteiger partial charge >= 0.3 is 12.1 Å². The van der Waals surface area contributed by atoms with Gasteiger partial charge in [-0.05, 0) is 95.3 Å². The van der Waals surface area contributed by atoms with E-state index in [0.717, 1.165) is 24.5 Å². The summed E-state index contributed by atoms with van der Waals surface area (Å²) in [5, 5.41) is 2.90. The monoisotopic (exact) mass is 697 g/mol. The predicted octanol–water partition coefficient (Wildman–Crippen LogP) is 9.14. The van der Waals surface area contributed by atoms with Crippen LogP contribution in [0, 0.1) is 17.4 Å². The molecular weight excluding hydrogens is 635 g/mol. The Morgan fingerprint density at radius 3 is 2.12 bits per heavy atom. The number of esters is 1. The highest BCUT2D eigenvalue weighted by atomic mass is 28.4. The molecule has 1 aromatic carbocycles. The summed E-state index contributed by atoms with van der Waals surface area (Å²) >= 11 is 0. The van der Waals surface area contributed by atoms with Crippen LogP contribution in [0.25, 0.3) is 0 Å². The highest BCUT2D eigenvalue weighted by molar-refractivity contribution is 6.84. The van der Waals surface area contributed by atoms with Gasteiger partial charge in [-0.15, -0.1) is 5.54 Å². The van der Waals surface area contributed by atoms with Crippen LogP contribution in [0.5, 0.6) is 0 Å². The second kappa shape index (κ2) is 19.3. The number of hydrogen-bond donors (Lipinski definition) is 1. The molecule has 2 atom stereocenters. The molecule has 0 fully saturated rings. The zero-order valence-electron chi connectivity index (χ0n) is 32.1. The fraction of sp³-hybridized carbons (Fsp3) is 0.615. The second-order valence-corrected chi connectivity index (χ2v) is 24.9. The van der Waals surface area contributed by atoms with Crippen molar-refractivity contribution in [1.29, 1.82) is 0 Å². The van der Waals surface area contributed by atoms with Gasteiger partial charge in [0.1, 0.15) is 13.7 Å². The van der Waals surface area contributed by atoms with E-state index in [1.807, 2.05) is 18.2 Å². The summed E-state index contributed by atoms with van der Waals surface area (Å²) in [6.45, 7) is 26.8. The zero-order chi connectivity index (χ0) is 36.8. The zero-order valence-corrected chi connectivity index (χ0v) is 34.1. The normalized spacial score (nSPS) is 14.4. The van der Waals surface area contributed by atoms with Crippen molar-refractivity contribution in [3.8, 4) is 11.5 Å². The highest BCUT2D eigenvalue weighted by Gasteiger charge is 2.38. The minimum Gasteiger partial charge on any atom is -0.463 e. The molecule has 0 aliphatic rings. The Labute approximate surface area is 293 Å². The smallest absolute Gasteiger partial charge is 0.408 e. The van der Waals surface area contributed by atoms with Crippen LogP contribution in [0.1, 0.15) is 93.6 Å². The van der Waals surface area contributed by atoms with Crippen molar-refractivity contribution >= 4 is 34.2 Å². The van der Waals surface area contributed by atoms with E-state index in [4.69, 9.17) is 13.9 Å². The largest absolute Gasteiger partial charge is 0.463 e. The van der Waals surface area contributed by atoms with Crippen LogP contribution >= 0.6 is 0 Å². The quantitative estimate of drug-likeness (QED) is 0.0802. The van der Waals surface area contributed by atoms with E-state index < -0.39 is 46.0 Å². The van der Waals surface area contributed by atoms with Crippen LogP contribution in [0.4, 0.5) is 4.79 Å². The lowest BCUT2D eigenvalue weighted by atomic mass is 9.86. The molecule has 0 unspecified atom stereocenters. The Hall–Kier alpha value is -2.94. The summed E-state index contributed by atoms with van der Waals surface area (Å²) in [5.74, 6) is 1.97. The van der Waals surface area contributed by atoms with Crippen molar-refractivity contribution in [2.24, 2.45) is 5.92 Å². The van der Waals surface area contributed by atoms with Crippen LogP contribution in [-0.2, 0) is 29.5 Å². The van der Waals surface area contributed by atoms with Crippen LogP contribution < -0.4 is 5.32 Å². The van der Waals surface area contributed by atoms with Crippen LogP contribution in [0.2, 0.25) is 31.2 Å². The molecule has 0 heterocycles. The van der Waals surface area contributed by atoms with Gasteiger partial charge in [-0.1, -0.05) is 83.5 Å². The number of carbonyl (C=O) groups excluding carboxylic acids is 3. The first-order valence-corrected chi connectivity index (χ1v) is 23.5. The first-order valence-electron chi connectivity index (χ1n) is 17.4. The van der Waals surface area contributed by atoms with Crippen molar-refractivity contribution in [3.63, 3.8) is 0 Å². The van der Waals surface area contributed by atoms with Gasteiger partial charge in [0.15, 0.2) is 14.1 Å².